The van der Waals surface area contributed by atoms with Crippen molar-refractivity contribution in [3.8, 4) is 5.75 Å². The molecule has 1 aromatic rings. The molecule has 0 unspecified atom stereocenters. The molecule has 0 heterocycles. The molecule has 0 bridgehead atoms. The van der Waals surface area contributed by atoms with Crippen LogP contribution in [0.4, 0.5) is 0 Å². The van der Waals surface area contributed by atoms with E-state index in [2.05, 4.69) is 6.58 Å². The van der Waals surface area contributed by atoms with Crippen LogP contribution in [0.25, 0.3) is 0 Å². The van der Waals surface area contributed by atoms with E-state index >= 15 is 0 Å². The second-order valence-corrected chi connectivity index (χ2v) is 4.20. The van der Waals surface area contributed by atoms with E-state index in [9.17, 15) is 13.2 Å². The molecule has 0 fully saturated rings. The average molecular weight is 227 g/mol. The smallest absolute Gasteiger partial charge is 0.335 e. The average Bonchev–Trinajstić information content (AvgIpc) is 2.17. The number of benzene rings is 1. The highest BCUT2D eigenvalue weighted by Crippen LogP contribution is 2.14. The molecule has 0 saturated heterocycles. The van der Waals surface area contributed by atoms with Crippen LogP contribution in [0.2, 0.25) is 0 Å². The van der Waals surface area contributed by atoms with Gasteiger partial charge in [-0.05, 0) is 24.3 Å². The second kappa shape index (κ2) is 4.24. The zero-order valence-corrected chi connectivity index (χ0v) is 8.53. The summed E-state index contributed by atoms with van der Waals surface area (Å²) < 4.78 is 26.5. The van der Waals surface area contributed by atoms with Gasteiger partial charge in [0.15, 0.2) is 0 Å². The predicted octanol–water partition coefficient (Wildman–Crippen LogP) is 0.425. The van der Waals surface area contributed by atoms with Gasteiger partial charge in [-0.2, -0.15) is 0 Å². The van der Waals surface area contributed by atoms with Gasteiger partial charge >= 0.3 is 5.97 Å². The van der Waals surface area contributed by atoms with E-state index in [1.54, 1.807) is 0 Å². The summed E-state index contributed by atoms with van der Waals surface area (Å²) in [4.78, 5) is 10.7. The maximum Gasteiger partial charge on any atom is 0.335 e. The Morgan fingerprint density at radius 3 is 2.27 bits per heavy atom. The van der Waals surface area contributed by atoms with E-state index in [1.165, 1.54) is 24.3 Å². The van der Waals surface area contributed by atoms with Crippen molar-refractivity contribution < 1.29 is 17.9 Å². The van der Waals surface area contributed by atoms with Crippen molar-refractivity contribution in [2.45, 2.75) is 4.90 Å². The number of hydrogen-bond acceptors (Lipinski definition) is 4. The Balaban J connectivity index is 2.91. The maximum atomic E-state index is 10.9. The molecule has 0 aliphatic carbocycles. The van der Waals surface area contributed by atoms with Crippen molar-refractivity contribution in [3.63, 3.8) is 0 Å². The summed E-state index contributed by atoms with van der Waals surface area (Å²) in [5.74, 6) is -0.384. The lowest BCUT2D eigenvalue weighted by Crippen LogP contribution is -2.12. The number of carbonyl (C=O) groups excluding carboxylic acids is 1. The highest BCUT2D eigenvalue weighted by atomic mass is 32.2. The van der Waals surface area contributed by atoms with Gasteiger partial charge in [0.25, 0.3) is 0 Å². The fraction of sp³-hybridized carbons (Fsp3) is 0. The monoisotopic (exact) mass is 227 g/mol. The summed E-state index contributed by atoms with van der Waals surface area (Å²) in [5, 5.41) is 4.88. The van der Waals surface area contributed by atoms with Gasteiger partial charge in [0, 0.05) is 6.08 Å². The van der Waals surface area contributed by atoms with Crippen molar-refractivity contribution in [2.75, 3.05) is 0 Å². The molecule has 15 heavy (non-hydrogen) atoms. The zero-order chi connectivity index (χ0) is 11.5. The van der Waals surface area contributed by atoms with Crippen molar-refractivity contribution in [2.24, 2.45) is 5.14 Å². The van der Waals surface area contributed by atoms with E-state index in [0.717, 1.165) is 6.08 Å². The fourth-order valence-corrected chi connectivity index (χ4v) is 1.37. The lowest BCUT2D eigenvalue weighted by molar-refractivity contribution is -0.128. The Bertz CT molecular complexity index is 475. The van der Waals surface area contributed by atoms with Gasteiger partial charge in [-0.3, -0.25) is 0 Å². The van der Waals surface area contributed by atoms with Crippen LogP contribution in [0, 0.1) is 0 Å². The first-order chi connectivity index (χ1) is 6.93. The van der Waals surface area contributed by atoms with Gasteiger partial charge in [-0.15, -0.1) is 0 Å². The van der Waals surface area contributed by atoms with Crippen LogP contribution < -0.4 is 9.88 Å². The SMILES string of the molecule is C=CC(=O)Oc1ccc(S(N)(=O)=O)cc1. The largest absolute Gasteiger partial charge is 0.423 e. The predicted molar refractivity (Wildman–Crippen MR) is 53.6 cm³/mol. The molecular formula is C9H9NO4S. The van der Waals surface area contributed by atoms with Crippen LogP contribution in [-0.2, 0) is 14.8 Å². The fourth-order valence-electron chi connectivity index (χ4n) is 0.855. The maximum absolute atomic E-state index is 10.9. The van der Waals surface area contributed by atoms with Crippen molar-refractivity contribution in [1.29, 1.82) is 0 Å². The van der Waals surface area contributed by atoms with Gasteiger partial charge in [0.2, 0.25) is 10.0 Å². The minimum absolute atomic E-state index is 0.0408. The summed E-state index contributed by atoms with van der Waals surface area (Å²) >= 11 is 0. The highest BCUT2D eigenvalue weighted by Gasteiger charge is 2.07. The summed E-state index contributed by atoms with van der Waals surface area (Å²) in [6, 6.07) is 5.17. The molecule has 0 aliphatic heterocycles. The zero-order valence-electron chi connectivity index (χ0n) is 7.71. The van der Waals surface area contributed by atoms with Gasteiger partial charge < -0.3 is 4.74 Å². The van der Waals surface area contributed by atoms with Gasteiger partial charge in [0.05, 0.1) is 4.90 Å². The van der Waals surface area contributed by atoms with Gasteiger partial charge in [-0.25, -0.2) is 18.4 Å². The molecule has 0 spiro atoms. The summed E-state index contributed by atoms with van der Waals surface area (Å²) in [6.45, 7) is 3.22. The molecule has 0 saturated carbocycles. The standard InChI is InChI=1S/C9H9NO4S/c1-2-9(11)14-7-3-5-8(6-4-7)15(10,12)13/h2-6H,1H2,(H2,10,12,13). The number of carbonyl (C=O) groups is 1. The Morgan fingerprint density at radius 2 is 1.87 bits per heavy atom. The topological polar surface area (TPSA) is 86.5 Å². The van der Waals surface area contributed by atoms with Crippen LogP contribution >= 0.6 is 0 Å². The second-order valence-electron chi connectivity index (χ2n) is 2.64. The van der Waals surface area contributed by atoms with E-state index < -0.39 is 16.0 Å². The molecule has 2 N–H and O–H groups in total. The Kier molecular flexibility index (Phi) is 3.23. The van der Waals surface area contributed by atoms with Crippen molar-refractivity contribution in [3.05, 3.63) is 36.9 Å². The van der Waals surface area contributed by atoms with Crippen LogP contribution in [-0.4, -0.2) is 14.4 Å². The van der Waals surface area contributed by atoms with Crippen LogP contribution in [0.5, 0.6) is 5.75 Å². The third kappa shape index (κ3) is 3.19. The number of nitrogens with two attached hydrogens (primary N) is 1. The van der Waals surface area contributed by atoms with E-state index in [4.69, 9.17) is 9.88 Å². The molecule has 5 nitrogen and oxygen atoms in total. The Morgan fingerprint density at radius 1 is 1.33 bits per heavy atom. The minimum Gasteiger partial charge on any atom is -0.423 e. The third-order valence-corrected chi connectivity index (χ3v) is 2.47. The molecule has 0 aromatic heterocycles. The number of esters is 1. The number of primary sulfonamides is 1. The summed E-state index contributed by atoms with van der Waals surface area (Å²) in [7, 11) is -3.71. The minimum atomic E-state index is -3.71. The van der Waals surface area contributed by atoms with Crippen molar-refractivity contribution >= 4 is 16.0 Å². The third-order valence-electron chi connectivity index (χ3n) is 1.54. The molecule has 0 radical (unpaired) electrons. The highest BCUT2D eigenvalue weighted by molar-refractivity contribution is 7.89. The van der Waals surface area contributed by atoms with Crippen molar-refractivity contribution in [1.82, 2.24) is 0 Å². The molecule has 80 valence electrons. The van der Waals surface area contributed by atoms with Gasteiger partial charge in [-0.1, -0.05) is 6.58 Å². The lowest BCUT2D eigenvalue weighted by Gasteiger charge is -2.01. The Labute approximate surface area is 87.2 Å². The van der Waals surface area contributed by atoms with E-state index in [0.29, 0.717) is 0 Å². The lowest BCUT2D eigenvalue weighted by atomic mass is 10.3. The molecule has 0 amide bonds. The van der Waals surface area contributed by atoms with E-state index in [-0.39, 0.29) is 10.6 Å². The first-order valence-corrected chi connectivity index (χ1v) is 5.45. The number of sulfonamides is 1. The van der Waals surface area contributed by atoms with E-state index in [1.807, 2.05) is 0 Å². The number of hydrogen-bond donors (Lipinski definition) is 1. The first kappa shape index (κ1) is 11.4. The molecule has 1 rings (SSSR count). The summed E-state index contributed by atoms with van der Waals surface area (Å²) in [5.41, 5.74) is 0. The quantitative estimate of drug-likeness (QED) is 0.460. The summed E-state index contributed by atoms with van der Waals surface area (Å²) in [6.07, 6.45) is 1.01. The Hall–Kier alpha value is -1.66. The molecule has 0 aliphatic rings. The van der Waals surface area contributed by atoms with Crippen LogP contribution in [0.1, 0.15) is 0 Å². The molecular weight excluding hydrogens is 218 g/mol. The molecule has 1 aromatic carbocycles. The molecule has 6 heteroatoms. The van der Waals surface area contributed by atoms with Crippen LogP contribution in [0.3, 0.4) is 0 Å². The van der Waals surface area contributed by atoms with Crippen LogP contribution in [0.15, 0.2) is 41.8 Å². The first-order valence-electron chi connectivity index (χ1n) is 3.90. The number of ether oxygens (including phenoxy) is 1. The number of rotatable bonds is 3. The molecule has 0 atom stereocenters. The normalized spacial score (nSPS) is 10.7. The van der Waals surface area contributed by atoms with Gasteiger partial charge in [0.1, 0.15) is 5.75 Å².